The third-order valence-corrected chi connectivity index (χ3v) is 4.52. The summed E-state index contributed by atoms with van der Waals surface area (Å²) in [6.45, 7) is 3.31. The molecule has 1 saturated carbocycles. The van der Waals surface area contributed by atoms with Crippen LogP contribution in [0.15, 0.2) is 0 Å². The van der Waals surface area contributed by atoms with E-state index in [2.05, 4.69) is 17.6 Å². The number of hydrogen-bond donors (Lipinski definition) is 2. The van der Waals surface area contributed by atoms with Crippen molar-refractivity contribution >= 4 is 17.3 Å². The standard InChI is InChI=1S/C17H34N2S/c1-2-3-4-5-6-7-8-9-12-15-18-17(20)19-16-13-10-11-14-16/h16H,2-15H2,1H3,(H2,18,19,20). The predicted molar refractivity (Wildman–Crippen MR) is 93.2 cm³/mol. The normalized spacial score (nSPS) is 15.4. The maximum absolute atomic E-state index is 5.33. The molecule has 1 aliphatic carbocycles. The van der Waals surface area contributed by atoms with Crippen LogP contribution in [0, 0.1) is 0 Å². The van der Waals surface area contributed by atoms with Crippen molar-refractivity contribution in [1.82, 2.24) is 10.6 Å². The Labute approximate surface area is 131 Å². The van der Waals surface area contributed by atoms with E-state index in [4.69, 9.17) is 12.2 Å². The van der Waals surface area contributed by atoms with Gasteiger partial charge in [0.1, 0.15) is 0 Å². The molecule has 0 spiro atoms. The lowest BCUT2D eigenvalue weighted by Crippen LogP contribution is -2.40. The van der Waals surface area contributed by atoms with Crippen LogP contribution in [-0.4, -0.2) is 17.7 Å². The summed E-state index contributed by atoms with van der Waals surface area (Å²) in [6.07, 6.45) is 17.7. The number of hydrogen-bond acceptors (Lipinski definition) is 1. The Morgan fingerprint density at radius 1 is 0.900 bits per heavy atom. The van der Waals surface area contributed by atoms with Gasteiger partial charge in [-0.2, -0.15) is 0 Å². The maximum atomic E-state index is 5.33. The molecule has 118 valence electrons. The molecule has 0 atom stereocenters. The van der Waals surface area contributed by atoms with Gasteiger partial charge in [0.25, 0.3) is 0 Å². The highest BCUT2D eigenvalue weighted by Gasteiger charge is 2.14. The van der Waals surface area contributed by atoms with Gasteiger partial charge in [-0.15, -0.1) is 0 Å². The largest absolute Gasteiger partial charge is 0.363 e. The van der Waals surface area contributed by atoms with Gasteiger partial charge < -0.3 is 10.6 Å². The van der Waals surface area contributed by atoms with Gasteiger partial charge in [-0.3, -0.25) is 0 Å². The van der Waals surface area contributed by atoms with Crippen molar-refractivity contribution in [1.29, 1.82) is 0 Å². The van der Waals surface area contributed by atoms with E-state index < -0.39 is 0 Å². The summed E-state index contributed by atoms with van der Waals surface area (Å²) in [6, 6.07) is 0.637. The van der Waals surface area contributed by atoms with E-state index in [0.29, 0.717) is 6.04 Å². The molecule has 1 fully saturated rings. The molecule has 0 aliphatic heterocycles. The van der Waals surface area contributed by atoms with Crippen LogP contribution in [-0.2, 0) is 0 Å². The zero-order valence-electron chi connectivity index (χ0n) is 13.4. The third kappa shape index (κ3) is 9.57. The second-order valence-corrected chi connectivity index (χ2v) is 6.62. The quantitative estimate of drug-likeness (QED) is 0.418. The average Bonchev–Trinajstić information content (AvgIpc) is 2.93. The van der Waals surface area contributed by atoms with E-state index in [0.717, 1.165) is 11.7 Å². The summed E-state index contributed by atoms with van der Waals surface area (Å²) in [5, 5.41) is 7.65. The zero-order chi connectivity index (χ0) is 14.5. The Hall–Kier alpha value is -0.310. The molecule has 0 heterocycles. The van der Waals surface area contributed by atoms with E-state index in [1.54, 1.807) is 0 Å². The minimum Gasteiger partial charge on any atom is -0.363 e. The van der Waals surface area contributed by atoms with Crippen molar-refractivity contribution < 1.29 is 0 Å². The first-order valence-electron chi connectivity index (χ1n) is 8.87. The van der Waals surface area contributed by atoms with Crippen LogP contribution in [0.5, 0.6) is 0 Å². The van der Waals surface area contributed by atoms with E-state index in [9.17, 15) is 0 Å². The van der Waals surface area contributed by atoms with Crippen molar-refractivity contribution in [2.75, 3.05) is 6.54 Å². The highest BCUT2D eigenvalue weighted by atomic mass is 32.1. The molecule has 0 aromatic rings. The lowest BCUT2D eigenvalue weighted by atomic mass is 10.1. The van der Waals surface area contributed by atoms with Gasteiger partial charge in [-0.1, -0.05) is 71.1 Å². The van der Waals surface area contributed by atoms with E-state index in [1.807, 2.05) is 0 Å². The van der Waals surface area contributed by atoms with Crippen LogP contribution in [0.4, 0.5) is 0 Å². The summed E-state index contributed by atoms with van der Waals surface area (Å²) in [4.78, 5) is 0. The van der Waals surface area contributed by atoms with Gasteiger partial charge in [0.2, 0.25) is 0 Å². The van der Waals surface area contributed by atoms with Gasteiger partial charge >= 0.3 is 0 Å². The lowest BCUT2D eigenvalue weighted by Gasteiger charge is -2.15. The fourth-order valence-corrected chi connectivity index (χ4v) is 3.21. The number of rotatable bonds is 11. The highest BCUT2D eigenvalue weighted by Crippen LogP contribution is 2.17. The molecule has 2 nitrogen and oxygen atoms in total. The smallest absolute Gasteiger partial charge is 0.166 e. The molecule has 0 aromatic carbocycles. The summed E-state index contributed by atoms with van der Waals surface area (Å²) in [5.41, 5.74) is 0. The second-order valence-electron chi connectivity index (χ2n) is 6.21. The first-order chi connectivity index (χ1) is 9.83. The van der Waals surface area contributed by atoms with Crippen LogP contribution in [0.25, 0.3) is 0 Å². The van der Waals surface area contributed by atoms with Crippen LogP contribution in [0.1, 0.15) is 90.4 Å². The Morgan fingerprint density at radius 2 is 1.45 bits per heavy atom. The topological polar surface area (TPSA) is 24.1 Å². The van der Waals surface area contributed by atoms with Crippen molar-refractivity contribution in [3.05, 3.63) is 0 Å². The van der Waals surface area contributed by atoms with Crippen molar-refractivity contribution in [2.24, 2.45) is 0 Å². The summed E-state index contributed by atoms with van der Waals surface area (Å²) < 4.78 is 0. The van der Waals surface area contributed by atoms with Gasteiger partial charge in [0, 0.05) is 12.6 Å². The molecule has 3 heteroatoms. The Balaban J connectivity index is 1.78. The summed E-state index contributed by atoms with van der Waals surface area (Å²) >= 11 is 5.33. The molecule has 20 heavy (non-hydrogen) atoms. The first-order valence-corrected chi connectivity index (χ1v) is 9.28. The predicted octanol–water partition coefficient (Wildman–Crippen LogP) is 4.92. The van der Waals surface area contributed by atoms with Gasteiger partial charge in [0.15, 0.2) is 5.11 Å². The SMILES string of the molecule is CCCCCCCCCCCNC(=S)NC1CCCC1. The highest BCUT2D eigenvalue weighted by molar-refractivity contribution is 7.80. The van der Waals surface area contributed by atoms with E-state index >= 15 is 0 Å². The maximum Gasteiger partial charge on any atom is 0.166 e. The fraction of sp³-hybridized carbons (Fsp3) is 0.941. The number of nitrogens with one attached hydrogen (secondary N) is 2. The van der Waals surface area contributed by atoms with E-state index in [1.165, 1.54) is 83.5 Å². The third-order valence-electron chi connectivity index (χ3n) is 4.26. The average molecular weight is 299 g/mol. The molecular formula is C17H34N2S. The van der Waals surface area contributed by atoms with Crippen LogP contribution in [0.2, 0.25) is 0 Å². The minimum atomic E-state index is 0.637. The molecule has 0 amide bonds. The van der Waals surface area contributed by atoms with Crippen molar-refractivity contribution in [2.45, 2.75) is 96.4 Å². The second kappa shape index (κ2) is 12.4. The minimum absolute atomic E-state index is 0.637. The Bertz CT molecular complexity index is 237. The molecule has 0 saturated heterocycles. The van der Waals surface area contributed by atoms with Gasteiger partial charge in [0.05, 0.1) is 0 Å². The van der Waals surface area contributed by atoms with Crippen molar-refractivity contribution in [3.8, 4) is 0 Å². The molecule has 1 rings (SSSR count). The van der Waals surface area contributed by atoms with Crippen LogP contribution < -0.4 is 10.6 Å². The first kappa shape index (κ1) is 17.7. The lowest BCUT2D eigenvalue weighted by molar-refractivity contribution is 0.560. The Kier molecular flexibility index (Phi) is 11.0. The molecular weight excluding hydrogens is 264 g/mol. The summed E-state index contributed by atoms with van der Waals surface area (Å²) in [5.74, 6) is 0. The number of unbranched alkanes of at least 4 members (excludes halogenated alkanes) is 8. The molecule has 0 bridgehead atoms. The van der Waals surface area contributed by atoms with Crippen LogP contribution >= 0.6 is 12.2 Å². The fourth-order valence-electron chi connectivity index (χ4n) is 2.94. The van der Waals surface area contributed by atoms with Gasteiger partial charge in [-0.25, -0.2) is 0 Å². The van der Waals surface area contributed by atoms with Crippen LogP contribution in [0.3, 0.4) is 0 Å². The summed E-state index contributed by atoms with van der Waals surface area (Å²) in [7, 11) is 0. The number of thiocarbonyl (C=S) groups is 1. The molecule has 0 unspecified atom stereocenters. The monoisotopic (exact) mass is 298 g/mol. The zero-order valence-corrected chi connectivity index (χ0v) is 14.2. The van der Waals surface area contributed by atoms with Gasteiger partial charge in [-0.05, 0) is 31.5 Å². The molecule has 1 aliphatic rings. The molecule has 0 radical (unpaired) electrons. The van der Waals surface area contributed by atoms with Crippen molar-refractivity contribution in [3.63, 3.8) is 0 Å². The molecule has 2 N–H and O–H groups in total. The Morgan fingerprint density at radius 3 is 2.05 bits per heavy atom. The van der Waals surface area contributed by atoms with E-state index in [-0.39, 0.29) is 0 Å². The molecule has 0 aromatic heterocycles.